The molecular weight excluding hydrogens is 358 g/mol. The molecule has 2 aromatic rings. The Bertz CT molecular complexity index is 848. The van der Waals surface area contributed by atoms with Gasteiger partial charge in [-0.15, -0.1) is 0 Å². The van der Waals surface area contributed by atoms with Gasteiger partial charge in [-0.05, 0) is 37.1 Å². The second-order valence-electron chi connectivity index (χ2n) is 7.03. The Morgan fingerprint density at radius 1 is 1.22 bits per heavy atom. The van der Waals surface area contributed by atoms with Crippen LogP contribution in [0.1, 0.15) is 23.2 Å². The molecule has 6 N–H and O–H groups in total. The molecule has 2 aromatic carbocycles. The number of nitrogens with one attached hydrogen (secondary N) is 2. The second kappa shape index (κ2) is 7.80. The Hall–Kier alpha value is -2.22. The van der Waals surface area contributed by atoms with Gasteiger partial charge in [0.25, 0.3) is 0 Å². The molecule has 0 aliphatic carbocycles. The third-order valence-corrected chi connectivity index (χ3v) is 6.26. The molecule has 0 saturated carbocycles. The molecule has 0 unspecified atom stereocenters. The number of carbonyl (C=O) groups is 1. The van der Waals surface area contributed by atoms with Gasteiger partial charge in [0.05, 0.1) is 17.1 Å². The molecule has 2 aliphatic rings. The van der Waals surface area contributed by atoms with Crippen LogP contribution in [0.5, 0.6) is 0 Å². The number of anilines is 3. The fourth-order valence-electron chi connectivity index (χ4n) is 3.70. The molecule has 1 amide bonds. The first-order valence-electron chi connectivity index (χ1n) is 9.35. The van der Waals surface area contributed by atoms with E-state index < -0.39 is 5.91 Å². The third kappa shape index (κ3) is 3.90. The molecule has 27 heavy (non-hydrogen) atoms. The first-order valence-corrected chi connectivity index (χ1v) is 10.2. The van der Waals surface area contributed by atoms with E-state index in [1.807, 2.05) is 24.3 Å². The highest BCUT2D eigenvalue weighted by Crippen LogP contribution is 2.47. The van der Waals surface area contributed by atoms with Gasteiger partial charge < -0.3 is 27.0 Å². The van der Waals surface area contributed by atoms with Crippen LogP contribution in [0.4, 0.5) is 17.1 Å². The summed E-state index contributed by atoms with van der Waals surface area (Å²) in [6, 6.07) is 12.3. The number of benzene rings is 2. The highest BCUT2D eigenvalue weighted by molar-refractivity contribution is 7.99. The molecule has 142 valence electrons. The van der Waals surface area contributed by atoms with Crippen molar-refractivity contribution in [3.63, 3.8) is 0 Å². The van der Waals surface area contributed by atoms with Crippen LogP contribution in [-0.4, -0.2) is 43.0 Å². The average Bonchev–Trinajstić information content (AvgIpc) is 2.68. The van der Waals surface area contributed by atoms with Crippen molar-refractivity contribution in [2.45, 2.75) is 28.7 Å². The van der Waals surface area contributed by atoms with Gasteiger partial charge in [0.2, 0.25) is 5.91 Å². The SMILES string of the molecule is NCCN1CCC(Nc2cc(C(N)=O)cc3c2Nc2ccccc2S3)CC1. The number of para-hydroxylation sites is 1. The van der Waals surface area contributed by atoms with Gasteiger partial charge in [-0.2, -0.15) is 0 Å². The molecule has 7 heteroatoms. The Labute approximate surface area is 163 Å². The van der Waals surface area contributed by atoms with Gasteiger partial charge in [0.15, 0.2) is 0 Å². The number of piperidine rings is 1. The zero-order valence-electron chi connectivity index (χ0n) is 15.2. The Kier molecular flexibility index (Phi) is 5.24. The maximum atomic E-state index is 11.8. The van der Waals surface area contributed by atoms with Gasteiger partial charge >= 0.3 is 0 Å². The largest absolute Gasteiger partial charge is 0.380 e. The quantitative estimate of drug-likeness (QED) is 0.541. The van der Waals surface area contributed by atoms with E-state index in [1.165, 1.54) is 0 Å². The van der Waals surface area contributed by atoms with Gasteiger partial charge in [0.1, 0.15) is 0 Å². The highest BCUT2D eigenvalue weighted by atomic mass is 32.2. The fourth-order valence-corrected chi connectivity index (χ4v) is 4.76. The van der Waals surface area contributed by atoms with Gasteiger partial charge in [-0.25, -0.2) is 0 Å². The maximum Gasteiger partial charge on any atom is 0.248 e. The van der Waals surface area contributed by atoms with E-state index in [2.05, 4.69) is 27.7 Å². The lowest BCUT2D eigenvalue weighted by Gasteiger charge is -2.33. The summed E-state index contributed by atoms with van der Waals surface area (Å²) in [5.74, 6) is -0.405. The monoisotopic (exact) mass is 383 g/mol. The van der Waals surface area contributed by atoms with Gasteiger partial charge in [0, 0.05) is 47.6 Å². The predicted molar refractivity (Wildman–Crippen MR) is 111 cm³/mol. The summed E-state index contributed by atoms with van der Waals surface area (Å²) < 4.78 is 0. The topological polar surface area (TPSA) is 96.4 Å². The van der Waals surface area contributed by atoms with E-state index in [4.69, 9.17) is 11.5 Å². The van der Waals surface area contributed by atoms with E-state index in [0.717, 1.165) is 59.3 Å². The van der Waals surface area contributed by atoms with Crippen LogP contribution < -0.4 is 22.1 Å². The highest BCUT2D eigenvalue weighted by Gasteiger charge is 2.24. The number of rotatable bonds is 5. The third-order valence-electron chi connectivity index (χ3n) is 5.15. The minimum absolute atomic E-state index is 0.371. The number of nitrogens with zero attached hydrogens (tertiary/aromatic N) is 1. The van der Waals surface area contributed by atoms with Crippen LogP contribution in [0.2, 0.25) is 0 Å². The summed E-state index contributed by atoms with van der Waals surface area (Å²) in [6.07, 6.45) is 2.11. The normalized spacial score (nSPS) is 16.9. The van der Waals surface area contributed by atoms with E-state index >= 15 is 0 Å². The number of amides is 1. The van der Waals surface area contributed by atoms with Crippen molar-refractivity contribution in [2.24, 2.45) is 11.5 Å². The first-order chi connectivity index (χ1) is 13.1. The van der Waals surface area contributed by atoms with Gasteiger partial charge in [-0.3, -0.25) is 4.79 Å². The Morgan fingerprint density at radius 2 is 2.00 bits per heavy atom. The zero-order valence-corrected chi connectivity index (χ0v) is 16.0. The lowest BCUT2D eigenvalue weighted by molar-refractivity contribution is 0.1000. The van der Waals surface area contributed by atoms with Crippen molar-refractivity contribution >= 4 is 34.7 Å². The van der Waals surface area contributed by atoms with Crippen molar-refractivity contribution < 1.29 is 4.79 Å². The van der Waals surface area contributed by atoms with Crippen LogP contribution in [0, 0.1) is 0 Å². The molecule has 2 aliphatic heterocycles. The lowest BCUT2D eigenvalue weighted by Crippen LogP contribution is -2.41. The van der Waals surface area contributed by atoms with E-state index in [1.54, 1.807) is 11.8 Å². The lowest BCUT2D eigenvalue weighted by atomic mass is 10.0. The smallest absolute Gasteiger partial charge is 0.248 e. The molecule has 1 fully saturated rings. The van der Waals surface area contributed by atoms with E-state index in [-0.39, 0.29) is 0 Å². The van der Waals surface area contributed by atoms with E-state index in [9.17, 15) is 4.79 Å². The molecule has 0 aromatic heterocycles. The van der Waals surface area contributed by atoms with Crippen molar-refractivity contribution in [2.75, 3.05) is 36.8 Å². The minimum atomic E-state index is -0.405. The number of fused-ring (bicyclic) bond motifs is 2. The summed E-state index contributed by atoms with van der Waals surface area (Å²) in [6.45, 7) is 3.73. The number of primary amides is 1. The summed E-state index contributed by atoms with van der Waals surface area (Å²) in [4.78, 5) is 16.4. The van der Waals surface area contributed by atoms with Crippen LogP contribution in [0.25, 0.3) is 0 Å². The minimum Gasteiger partial charge on any atom is -0.380 e. The Balaban J connectivity index is 1.59. The maximum absolute atomic E-state index is 11.8. The molecule has 4 rings (SSSR count). The molecular formula is C20H25N5OS. The summed E-state index contributed by atoms with van der Waals surface area (Å²) in [7, 11) is 0. The van der Waals surface area contributed by atoms with Crippen molar-refractivity contribution in [3.8, 4) is 0 Å². The number of hydrogen-bond donors (Lipinski definition) is 4. The second-order valence-corrected chi connectivity index (χ2v) is 8.12. The number of nitrogens with two attached hydrogens (primary N) is 2. The van der Waals surface area contributed by atoms with Crippen LogP contribution in [0.3, 0.4) is 0 Å². The van der Waals surface area contributed by atoms with E-state index in [0.29, 0.717) is 18.2 Å². The predicted octanol–water partition coefficient (Wildman–Crippen LogP) is 2.83. The molecule has 0 atom stereocenters. The first kappa shape index (κ1) is 18.2. The summed E-state index contributed by atoms with van der Waals surface area (Å²) in [5, 5.41) is 7.19. The van der Waals surface area contributed by atoms with Crippen LogP contribution >= 0.6 is 11.8 Å². The zero-order chi connectivity index (χ0) is 18.8. The van der Waals surface area contributed by atoms with Gasteiger partial charge in [-0.1, -0.05) is 23.9 Å². The van der Waals surface area contributed by atoms with Crippen LogP contribution in [0.15, 0.2) is 46.2 Å². The van der Waals surface area contributed by atoms with Crippen molar-refractivity contribution in [1.29, 1.82) is 0 Å². The molecule has 1 saturated heterocycles. The summed E-state index contributed by atoms with van der Waals surface area (Å²) in [5.41, 5.74) is 14.8. The average molecular weight is 384 g/mol. The fraction of sp³-hybridized carbons (Fsp3) is 0.350. The summed E-state index contributed by atoms with van der Waals surface area (Å²) >= 11 is 1.66. The van der Waals surface area contributed by atoms with Crippen molar-refractivity contribution in [1.82, 2.24) is 4.90 Å². The van der Waals surface area contributed by atoms with Crippen molar-refractivity contribution in [3.05, 3.63) is 42.0 Å². The molecule has 6 nitrogen and oxygen atoms in total. The van der Waals surface area contributed by atoms with Crippen LogP contribution in [-0.2, 0) is 0 Å². The standard InChI is InChI=1S/C20H25N5OS/c21-7-10-25-8-5-14(6-9-25)23-16-11-13(20(22)26)12-18-19(16)24-15-3-1-2-4-17(15)27-18/h1-4,11-12,14,23-24H,5-10,21H2,(H2,22,26). The number of hydrogen-bond acceptors (Lipinski definition) is 6. The Morgan fingerprint density at radius 3 is 2.74 bits per heavy atom. The molecule has 0 radical (unpaired) electrons. The molecule has 0 spiro atoms. The molecule has 0 bridgehead atoms. The molecule has 2 heterocycles. The number of likely N-dealkylation sites (tertiary alicyclic amines) is 1. The number of carbonyl (C=O) groups excluding carboxylic acids is 1.